The highest BCUT2D eigenvalue weighted by molar-refractivity contribution is 7.17. The van der Waals surface area contributed by atoms with Gasteiger partial charge in [-0.2, -0.15) is 0 Å². The first-order valence-corrected chi connectivity index (χ1v) is 28.1. The van der Waals surface area contributed by atoms with Crippen molar-refractivity contribution < 1.29 is 32.8 Å². The SMILES string of the molecule is CC(=O)c1sc(NC(=O)N[C@@H]2CCN(C)C[C@H]2CN2CCC[C@@H](Cc3ccc(F)cc3)C2)nc1C.CCC(=O)N1CC[C@@H](CN2CCC[C@@H](Cc3ccc(F)cc3)C2)[C@H](CC(=O)Cc2nc(C)c(C(C)=O)s2)C1. The Morgan fingerprint density at radius 3 is 1.78 bits per heavy atom. The molecule has 0 radical (unpaired) electrons. The number of piperidine rings is 4. The number of thiazole rings is 2. The van der Waals surface area contributed by atoms with Gasteiger partial charge >= 0.3 is 6.03 Å². The van der Waals surface area contributed by atoms with E-state index in [1.165, 1.54) is 72.6 Å². The van der Waals surface area contributed by atoms with E-state index in [1.54, 1.807) is 19.1 Å². The molecule has 4 saturated heterocycles. The predicted molar refractivity (Wildman–Crippen MR) is 286 cm³/mol. The molecule has 8 rings (SSSR count). The van der Waals surface area contributed by atoms with Gasteiger partial charge in [-0.25, -0.2) is 23.5 Å². The summed E-state index contributed by atoms with van der Waals surface area (Å²) in [5, 5.41) is 7.17. The highest BCUT2D eigenvalue weighted by atomic mass is 32.1. The lowest BCUT2D eigenvalue weighted by Crippen LogP contribution is -2.55. The Hall–Kier alpha value is -4.81. The maximum atomic E-state index is 13.3. The molecule has 0 saturated carbocycles. The minimum Gasteiger partial charge on any atom is -0.342 e. The van der Waals surface area contributed by atoms with Crippen molar-refractivity contribution in [2.24, 2.45) is 29.6 Å². The van der Waals surface area contributed by atoms with Gasteiger partial charge in [0.2, 0.25) is 5.91 Å². The molecule has 396 valence electrons. The Balaban J connectivity index is 0.000000214. The van der Waals surface area contributed by atoms with E-state index in [2.05, 4.69) is 42.3 Å². The number of anilines is 1. The van der Waals surface area contributed by atoms with Gasteiger partial charge in [0.05, 0.1) is 27.6 Å². The van der Waals surface area contributed by atoms with Crippen LogP contribution < -0.4 is 10.6 Å². The number of Topliss-reactive ketones (excluding diaryl/α,β-unsaturated/α-hetero) is 3. The molecular weight excluding hydrogens is 967 g/mol. The number of carbonyl (C=O) groups is 5. The topological polar surface area (TPSA) is 148 Å². The molecule has 4 aliphatic heterocycles. The number of aromatic nitrogens is 2. The number of nitrogens with zero attached hydrogens (tertiary/aromatic N) is 6. The van der Waals surface area contributed by atoms with E-state index in [-0.39, 0.29) is 59.3 Å². The number of carbonyl (C=O) groups excluding carboxylic acids is 5. The number of amides is 3. The number of urea groups is 1. The second-order valence-electron chi connectivity index (χ2n) is 21.2. The Morgan fingerprint density at radius 1 is 0.671 bits per heavy atom. The summed E-state index contributed by atoms with van der Waals surface area (Å²) < 4.78 is 26.6. The fourth-order valence-electron chi connectivity index (χ4n) is 11.6. The van der Waals surface area contributed by atoms with Gasteiger partial charge in [0.15, 0.2) is 16.7 Å². The normalized spacial score (nSPS) is 23.0. The average molecular weight is 1040 g/mol. The van der Waals surface area contributed by atoms with Crippen LogP contribution in [0.4, 0.5) is 18.7 Å². The number of benzene rings is 2. The Kier molecular flexibility index (Phi) is 20.4. The van der Waals surface area contributed by atoms with Crippen molar-refractivity contribution in [2.45, 2.75) is 111 Å². The lowest BCUT2D eigenvalue weighted by molar-refractivity contribution is -0.135. The average Bonchev–Trinajstić information content (AvgIpc) is 3.92. The maximum Gasteiger partial charge on any atom is 0.321 e. The van der Waals surface area contributed by atoms with E-state index in [4.69, 9.17) is 0 Å². The highest BCUT2D eigenvalue weighted by Crippen LogP contribution is 2.32. The quantitative estimate of drug-likeness (QED) is 0.0981. The number of ketones is 3. The van der Waals surface area contributed by atoms with Gasteiger partial charge in [-0.3, -0.25) is 24.5 Å². The summed E-state index contributed by atoms with van der Waals surface area (Å²) >= 11 is 2.54. The molecule has 17 heteroatoms. The summed E-state index contributed by atoms with van der Waals surface area (Å²) in [6.45, 7) is 17.9. The first-order valence-electron chi connectivity index (χ1n) is 26.4. The van der Waals surface area contributed by atoms with Crippen molar-refractivity contribution >= 4 is 57.1 Å². The summed E-state index contributed by atoms with van der Waals surface area (Å²) in [7, 11) is 2.14. The first-order chi connectivity index (χ1) is 35.0. The van der Waals surface area contributed by atoms with Gasteiger partial charge in [0.1, 0.15) is 22.4 Å². The van der Waals surface area contributed by atoms with Crippen LogP contribution in [0.3, 0.4) is 0 Å². The Bertz CT molecular complexity index is 2500. The molecule has 6 heterocycles. The molecule has 4 aliphatic rings. The van der Waals surface area contributed by atoms with Crippen LogP contribution in [0.5, 0.6) is 0 Å². The van der Waals surface area contributed by atoms with E-state index in [9.17, 15) is 32.8 Å². The molecule has 0 aliphatic carbocycles. The fraction of sp³-hybridized carbons (Fsp3) is 0.589. The second-order valence-corrected chi connectivity index (χ2v) is 23.3. The summed E-state index contributed by atoms with van der Waals surface area (Å²) in [6.07, 6.45) is 9.57. The van der Waals surface area contributed by atoms with Crippen molar-refractivity contribution in [3.8, 4) is 0 Å². The number of aryl methyl sites for hydroxylation is 2. The molecule has 3 amide bonds. The standard InChI is InChI=1S/C30H40FN3O3S.C26H36FN5O2S/c1-4-29(37)34-13-11-24(18-33-12-5-6-23(17-33)14-22-7-9-26(31)10-8-22)25(19-34)15-27(36)16-28-32-20(2)30(38-28)21(3)35;1-17-24(18(2)33)35-26(28-17)30-25(34)29-23-10-12-31(3)15-21(23)16-32-11-4-5-20(14-32)13-19-6-8-22(27)9-7-19/h7-10,23-25H,4-6,11-19H2,1-3H3;6-9,20-21,23H,4-5,10-16H2,1-3H3,(H2,28,29,30,34)/t23-,24-,25+;20-,21-,23+/m00/s1. The molecule has 0 bridgehead atoms. The molecule has 73 heavy (non-hydrogen) atoms. The third-order valence-corrected chi connectivity index (χ3v) is 17.6. The largest absolute Gasteiger partial charge is 0.342 e. The molecule has 2 aromatic carbocycles. The number of nitrogens with one attached hydrogen (secondary N) is 2. The molecule has 4 fully saturated rings. The van der Waals surface area contributed by atoms with E-state index < -0.39 is 0 Å². The lowest BCUT2D eigenvalue weighted by atomic mass is 9.80. The van der Waals surface area contributed by atoms with Crippen molar-refractivity contribution in [1.82, 2.24) is 34.9 Å². The minimum absolute atomic E-state index is 0.0148. The number of rotatable bonds is 17. The van der Waals surface area contributed by atoms with Gasteiger partial charge in [-0.05, 0) is 151 Å². The van der Waals surface area contributed by atoms with E-state index >= 15 is 0 Å². The third kappa shape index (κ3) is 16.6. The highest BCUT2D eigenvalue weighted by Gasteiger charge is 2.36. The Labute approximate surface area is 438 Å². The van der Waals surface area contributed by atoms with Crippen molar-refractivity contribution in [1.29, 1.82) is 0 Å². The first kappa shape index (κ1) is 55.9. The van der Waals surface area contributed by atoms with E-state index in [0.29, 0.717) is 74.3 Å². The van der Waals surface area contributed by atoms with Crippen LogP contribution in [0.1, 0.15) is 119 Å². The van der Waals surface area contributed by atoms with Crippen LogP contribution >= 0.6 is 22.7 Å². The van der Waals surface area contributed by atoms with Crippen LogP contribution in [-0.4, -0.2) is 137 Å². The predicted octanol–water partition coefficient (Wildman–Crippen LogP) is 9.31. The summed E-state index contributed by atoms with van der Waals surface area (Å²) in [4.78, 5) is 81.3. The zero-order chi connectivity index (χ0) is 52.2. The minimum atomic E-state index is -0.263. The summed E-state index contributed by atoms with van der Waals surface area (Å²) in [5.41, 5.74) is 3.71. The lowest BCUT2D eigenvalue weighted by Gasteiger charge is -2.42. The molecular formula is C56H76F2N8O5S2. The smallest absolute Gasteiger partial charge is 0.321 e. The number of hydrogen-bond donors (Lipinski definition) is 2. The molecule has 0 spiro atoms. The van der Waals surface area contributed by atoms with Gasteiger partial charge in [-0.1, -0.05) is 42.5 Å². The van der Waals surface area contributed by atoms with Crippen LogP contribution in [-0.2, 0) is 28.9 Å². The number of hydrogen-bond acceptors (Lipinski definition) is 12. The van der Waals surface area contributed by atoms with Gasteiger partial charge < -0.3 is 24.9 Å². The summed E-state index contributed by atoms with van der Waals surface area (Å²) in [5.74, 6) is 1.75. The van der Waals surface area contributed by atoms with Gasteiger partial charge in [-0.15, -0.1) is 11.3 Å². The van der Waals surface area contributed by atoms with Gasteiger partial charge in [0.25, 0.3) is 0 Å². The van der Waals surface area contributed by atoms with Gasteiger partial charge in [0, 0.05) is 84.5 Å². The van der Waals surface area contributed by atoms with Crippen LogP contribution in [0.15, 0.2) is 48.5 Å². The molecule has 0 unspecified atom stereocenters. The fourth-order valence-corrected chi connectivity index (χ4v) is 13.4. The zero-order valence-electron chi connectivity index (χ0n) is 43.7. The molecule has 6 atom stereocenters. The monoisotopic (exact) mass is 1040 g/mol. The van der Waals surface area contributed by atoms with E-state index in [1.807, 2.05) is 43.0 Å². The van der Waals surface area contributed by atoms with E-state index in [0.717, 1.165) is 97.4 Å². The third-order valence-electron chi connectivity index (χ3n) is 15.2. The molecule has 2 aromatic heterocycles. The van der Waals surface area contributed by atoms with Crippen molar-refractivity contribution in [2.75, 3.05) is 77.8 Å². The second kappa shape index (κ2) is 26.6. The molecule has 4 aromatic rings. The zero-order valence-corrected chi connectivity index (χ0v) is 45.4. The van der Waals surface area contributed by atoms with Crippen LogP contribution in [0, 0.1) is 55.1 Å². The number of likely N-dealkylation sites (tertiary alicyclic amines) is 4. The molecule has 2 N–H and O–H groups in total. The van der Waals surface area contributed by atoms with Crippen molar-refractivity contribution in [3.05, 3.63) is 97.4 Å². The van der Waals surface area contributed by atoms with Crippen LogP contribution in [0.25, 0.3) is 0 Å². The Morgan fingerprint density at radius 2 is 1.23 bits per heavy atom. The maximum absolute atomic E-state index is 13.3. The molecule has 13 nitrogen and oxygen atoms in total. The van der Waals surface area contributed by atoms with Crippen LogP contribution in [0.2, 0.25) is 0 Å². The summed E-state index contributed by atoms with van der Waals surface area (Å²) in [6, 6.07) is 13.6. The van der Waals surface area contributed by atoms with Crippen molar-refractivity contribution in [3.63, 3.8) is 0 Å². The number of halogens is 2.